The summed E-state index contributed by atoms with van der Waals surface area (Å²) < 4.78 is 26.0. The number of para-hydroxylation sites is 2. The van der Waals surface area contributed by atoms with Gasteiger partial charge in [-0.2, -0.15) is 0 Å². The SMILES string of the molecule is CC1(C)OB(c2ccc3oc4cc5c(cc4c3c2)-c2ccccc2C5(c2ccccc2)c2ccccc2)OC1(C)C.Clc1nc(-c2ccccc2)c2ccccc2n1.[CH3-].c1ccc(-c2nc(-c3ccc4oc5cc6c(cc5c4c3)-c3ccccc3C6(c3ccccc3)c3ccccc3)nc3ccccc23)cc1. The van der Waals surface area contributed by atoms with E-state index in [0.29, 0.717) is 5.82 Å². The fourth-order valence-corrected chi connectivity index (χ4v) is 16.8. The van der Waals surface area contributed by atoms with Crippen LogP contribution < -0.4 is 5.46 Å². The minimum Gasteiger partial charge on any atom is -0.456 e. The van der Waals surface area contributed by atoms with Crippen molar-refractivity contribution in [1.82, 2.24) is 19.9 Å². The predicted octanol–water partition coefficient (Wildman–Crippen LogP) is 23.9. The van der Waals surface area contributed by atoms with Crippen molar-refractivity contribution in [2.24, 2.45) is 0 Å². The van der Waals surface area contributed by atoms with Crippen LogP contribution in [0.2, 0.25) is 5.28 Å². The van der Waals surface area contributed by atoms with Gasteiger partial charge in [-0.15, -0.1) is 0 Å². The zero-order valence-corrected chi connectivity index (χ0v) is 60.5. The quantitative estimate of drug-likeness (QED) is 0.0843. The minimum absolute atomic E-state index is 0. The maximum absolute atomic E-state index is 6.65. The van der Waals surface area contributed by atoms with Gasteiger partial charge in [0.15, 0.2) is 5.82 Å². The second-order valence-corrected chi connectivity index (χ2v) is 28.9. The third-order valence-corrected chi connectivity index (χ3v) is 22.3. The zero-order valence-electron chi connectivity index (χ0n) is 59.7. The molecule has 1 saturated heterocycles. The lowest BCUT2D eigenvalue weighted by Gasteiger charge is -2.33. The molecule has 0 unspecified atom stereocenters. The molecular weight excluding hydrogens is 1330 g/mol. The monoisotopic (exact) mass is 1400 g/mol. The lowest BCUT2D eigenvalue weighted by atomic mass is 9.67. The van der Waals surface area contributed by atoms with Crippen molar-refractivity contribution in [3.8, 4) is 56.2 Å². The first-order valence-corrected chi connectivity index (χ1v) is 36.4. The number of halogens is 1. The van der Waals surface area contributed by atoms with Gasteiger partial charge in [-0.05, 0) is 172 Å². The molecule has 5 heterocycles. The van der Waals surface area contributed by atoms with Crippen LogP contribution in [0.4, 0.5) is 0 Å². The van der Waals surface area contributed by atoms with Crippen molar-refractivity contribution in [3.05, 3.63) is 397 Å². The summed E-state index contributed by atoms with van der Waals surface area (Å²) >= 11 is 5.95. The van der Waals surface area contributed by atoms with Gasteiger partial charge in [0.2, 0.25) is 5.28 Å². The van der Waals surface area contributed by atoms with E-state index in [1.807, 2.05) is 72.8 Å². The van der Waals surface area contributed by atoms with Gasteiger partial charge < -0.3 is 25.6 Å². The lowest BCUT2D eigenvalue weighted by molar-refractivity contribution is 0.00578. The van der Waals surface area contributed by atoms with Crippen LogP contribution in [0.15, 0.2) is 349 Å². The maximum atomic E-state index is 6.65. The molecule has 1 aliphatic heterocycles. The molecule has 514 valence electrons. The molecule has 0 bridgehead atoms. The zero-order chi connectivity index (χ0) is 71.3. The van der Waals surface area contributed by atoms with Gasteiger partial charge in [-0.1, -0.05) is 279 Å². The summed E-state index contributed by atoms with van der Waals surface area (Å²) in [7, 11) is -0.423. The van der Waals surface area contributed by atoms with Crippen LogP contribution in [-0.2, 0) is 20.1 Å². The van der Waals surface area contributed by atoms with Gasteiger partial charge in [0.05, 0.1) is 44.5 Å². The molecule has 18 aromatic rings. The van der Waals surface area contributed by atoms with Crippen LogP contribution in [-0.4, -0.2) is 38.3 Å². The smallest absolute Gasteiger partial charge is 0.456 e. The van der Waals surface area contributed by atoms with Crippen molar-refractivity contribution in [3.63, 3.8) is 0 Å². The van der Waals surface area contributed by atoms with Crippen LogP contribution in [0.3, 0.4) is 0 Å². The van der Waals surface area contributed by atoms with E-state index in [1.54, 1.807) is 0 Å². The number of fused-ring (bicyclic) bond motifs is 14. The molecular formula is C97H71BClN4O4-. The van der Waals surface area contributed by atoms with E-state index < -0.39 is 29.2 Å². The van der Waals surface area contributed by atoms with Crippen LogP contribution >= 0.6 is 11.6 Å². The summed E-state index contributed by atoms with van der Waals surface area (Å²) in [6.45, 7) is 8.35. The van der Waals surface area contributed by atoms with Gasteiger partial charge in [0.1, 0.15) is 22.3 Å². The molecule has 3 aliphatic rings. The molecule has 10 heteroatoms. The molecule has 0 saturated carbocycles. The summed E-state index contributed by atoms with van der Waals surface area (Å²) in [6.07, 6.45) is 0. The number of furan rings is 2. The number of benzene rings is 14. The Hall–Kier alpha value is -12.4. The number of rotatable bonds is 8. The van der Waals surface area contributed by atoms with E-state index in [9.17, 15) is 0 Å². The van der Waals surface area contributed by atoms with E-state index in [1.165, 1.54) is 66.8 Å². The van der Waals surface area contributed by atoms with Crippen LogP contribution in [0.1, 0.15) is 72.2 Å². The van der Waals surface area contributed by atoms with Crippen molar-refractivity contribution < 1.29 is 18.1 Å². The molecule has 21 rings (SSSR count). The predicted molar refractivity (Wildman–Crippen MR) is 438 cm³/mol. The molecule has 0 amide bonds. The number of hydrogen-bond donors (Lipinski definition) is 0. The average molecular weight is 1400 g/mol. The highest BCUT2D eigenvalue weighted by molar-refractivity contribution is 6.62. The fraction of sp³-hybridized carbons (Fsp3) is 0.0825. The van der Waals surface area contributed by atoms with Crippen molar-refractivity contribution in [2.45, 2.75) is 49.7 Å². The van der Waals surface area contributed by atoms with E-state index in [2.05, 4.69) is 305 Å². The van der Waals surface area contributed by atoms with Gasteiger partial charge in [-0.25, -0.2) is 19.9 Å². The highest BCUT2D eigenvalue weighted by atomic mass is 35.5. The lowest BCUT2D eigenvalue weighted by Crippen LogP contribution is -2.41. The Morgan fingerprint density at radius 2 is 0.664 bits per heavy atom. The second-order valence-electron chi connectivity index (χ2n) is 28.6. The first kappa shape index (κ1) is 66.6. The Labute approximate surface area is 626 Å². The number of aromatic nitrogens is 4. The normalized spacial score (nSPS) is 14.5. The van der Waals surface area contributed by atoms with E-state index in [0.717, 1.165) is 99.2 Å². The third kappa shape index (κ3) is 10.9. The van der Waals surface area contributed by atoms with Crippen LogP contribution in [0, 0.1) is 7.43 Å². The third-order valence-electron chi connectivity index (χ3n) is 22.2. The Morgan fingerprint density at radius 3 is 1.13 bits per heavy atom. The Morgan fingerprint density at radius 1 is 0.290 bits per heavy atom. The van der Waals surface area contributed by atoms with Crippen LogP contribution in [0.5, 0.6) is 0 Å². The molecule has 0 spiro atoms. The van der Waals surface area contributed by atoms with Crippen LogP contribution in [0.25, 0.3) is 122 Å². The Balaban J connectivity index is 0.000000124. The molecule has 14 aromatic carbocycles. The van der Waals surface area contributed by atoms with Crippen molar-refractivity contribution in [1.29, 1.82) is 0 Å². The Bertz CT molecular complexity index is 6330. The first-order valence-electron chi connectivity index (χ1n) is 36.0. The summed E-state index contributed by atoms with van der Waals surface area (Å²) in [4.78, 5) is 18.7. The molecule has 8 nitrogen and oxygen atoms in total. The van der Waals surface area contributed by atoms with E-state index >= 15 is 0 Å². The fourth-order valence-electron chi connectivity index (χ4n) is 16.6. The second kappa shape index (κ2) is 26.3. The summed E-state index contributed by atoms with van der Waals surface area (Å²) in [6, 6.07) is 119. The molecule has 0 radical (unpaired) electrons. The summed E-state index contributed by atoms with van der Waals surface area (Å²) in [5.74, 6) is 0.697. The van der Waals surface area contributed by atoms with Crippen molar-refractivity contribution in [2.75, 3.05) is 0 Å². The maximum Gasteiger partial charge on any atom is 0.494 e. The van der Waals surface area contributed by atoms with Gasteiger partial charge in [0.25, 0.3) is 0 Å². The molecule has 4 aromatic heterocycles. The largest absolute Gasteiger partial charge is 0.494 e. The van der Waals surface area contributed by atoms with E-state index in [-0.39, 0.29) is 12.7 Å². The summed E-state index contributed by atoms with van der Waals surface area (Å²) in [5, 5.41) is 6.65. The summed E-state index contributed by atoms with van der Waals surface area (Å²) in [5.41, 5.74) is 24.4. The van der Waals surface area contributed by atoms with Gasteiger partial charge >= 0.3 is 7.12 Å². The highest BCUT2D eigenvalue weighted by Gasteiger charge is 2.52. The van der Waals surface area contributed by atoms with Crippen molar-refractivity contribution >= 4 is 89.9 Å². The van der Waals surface area contributed by atoms with E-state index in [4.69, 9.17) is 39.7 Å². The number of hydrogen-bond acceptors (Lipinski definition) is 8. The molecule has 0 N–H and O–H groups in total. The Kier molecular flexibility index (Phi) is 16.4. The molecule has 107 heavy (non-hydrogen) atoms. The minimum atomic E-state index is -0.473. The standard InChI is InChI=1S/C45H28N2O.C37H31BO3.C14H9ClN2.CH3/c1-4-14-29(15-5-1)43-34-21-11-13-23-40(34)46-44(47-43)30-24-25-41-36(26-30)37-27-35-33-20-10-12-22-38(33)45(31-16-6-2-7-17-31,32-18-8-3-9-19-32)39(35)28-42(37)48-41;1-35(2)36(3,4)41-38(40-35)26-19-20-33-29(21-26)30-22-28-27-17-11-12-18-31(27)37(24-13-7-5-8-14-24,25-15-9-6-10-16-25)32(28)23-34(30)39-33;15-14-16-12-9-5-4-8-11(12)13(17-14)10-6-2-1-3-7-10;/h1-28H;5-23H,1-4H3;1-9H;1H3/q;;;-1. The number of nitrogens with zero attached hydrogens (tertiary/aromatic N) is 4. The molecule has 2 aliphatic carbocycles. The van der Waals surface area contributed by atoms with Gasteiger partial charge in [0, 0.05) is 49.0 Å². The highest BCUT2D eigenvalue weighted by Crippen LogP contribution is 2.59. The molecule has 1 fully saturated rings. The average Bonchev–Trinajstić information content (AvgIpc) is 1.54. The van der Waals surface area contributed by atoms with Gasteiger partial charge in [-0.3, -0.25) is 0 Å². The topological polar surface area (TPSA) is 96.3 Å². The molecule has 0 atom stereocenters. The first-order chi connectivity index (χ1) is 51.9.